The lowest BCUT2D eigenvalue weighted by Crippen LogP contribution is -2.23. The summed E-state index contributed by atoms with van der Waals surface area (Å²) in [6.45, 7) is 7.79. The monoisotopic (exact) mass is 270 g/mol. The average Bonchev–Trinajstić information content (AvgIpc) is 2.47. The molecule has 2 rings (SSSR count). The van der Waals surface area contributed by atoms with E-state index in [0.717, 1.165) is 12.3 Å². The molecule has 1 unspecified atom stereocenters. The number of nitrogens with one attached hydrogen (secondary N) is 1. The molecule has 0 aliphatic carbocycles. The summed E-state index contributed by atoms with van der Waals surface area (Å²) in [6.07, 6.45) is 3.75. The Hall–Kier alpha value is -1.87. The van der Waals surface area contributed by atoms with Crippen LogP contribution in [-0.2, 0) is 0 Å². The lowest BCUT2D eigenvalue weighted by Gasteiger charge is -2.23. The number of rotatable bonds is 6. The number of para-hydroxylation sites is 1. The topological polar surface area (TPSA) is 34.2 Å². The summed E-state index contributed by atoms with van der Waals surface area (Å²) >= 11 is 0. The molecule has 0 radical (unpaired) electrons. The molecule has 1 atom stereocenters. The summed E-state index contributed by atoms with van der Waals surface area (Å²) in [4.78, 5) is 4.18. The number of pyridine rings is 1. The largest absolute Gasteiger partial charge is 0.494 e. The summed E-state index contributed by atoms with van der Waals surface area (Å²) in [5.74, 6) is 0.942. The molecule has 2 aromatic rings. The van der Waals surface area contributed by atoms with Crippen molar-refractivity contribution in [3.05, 3.63) is 59.4 Å². The zero-order valence-electron chi connectivity index (χ0n) is 12.4. The van der Waals surface area contributed by atoms with Gasteiger partial charge in [-0.3, -0.25) is 4.98 Å². The van der Waals surface area contributed by atoms with Gasteiger partial charge < -0.3 is 10.1 Å². The van der Waals surface area contributed by atoms with Crippen LogP contribution in [0.5, 0.6) is 5.75 Å². The van der Waals surface area contributed by atoms with Crippen LogP contribution in [0.15, 0.2) is 42.7 Å². The van der Waals surface area contributed by atoms with E-state index in [-0.39, 0.29) is 6.04 Å². The molecule has 0 amide bonds. The van der Waals surface area contributed by atoms with Gasteiger partial charge in [-0.15, -0.1) is 0 Å². The van der Waals surface area contributed by atoms with Crippen LogP contribution in [0.25, 0.3) is 0 Å². The fourth-order valence-corrected chi connectivity index (χ4v) is 2.41. The average molecular weight is 270 g/mol. The SMILES string of the molecule is CCNC(c1ccncc1C)c1ccccc1OCC. The molecule has 106 valence electrons. The second kappa shape index (κ2) is 7.06. The zero-order chi connectivity index (χ0) is 14.4. The first-order valence-corrected chi connectivity index (χ1v) is 7.13. The number of aromatic nitrogens is 1. The van der Waals surface area contributed by atoms with E-state index >= 15 is 0 Å². The Labute approximate surface area is 121 Å². The molecule has 0 aliphatic heterocycles. The molecule has 0 bridgehead atoms. The van der Waals surface area contributed by atoms with Crippen molar-refractivity contribution in [1.29, 1.82) is 0 Å². The predicted molar refractivity (Wildman–Crippen MR) is 82.1 cm³/mol. The summed E-state index contributed by atoms with van der Waals surface area (Å²) < 4.78 is 5.77. The number of nitrogens with zero attached hydrogens (tertiary/aromatic N) is 1. The highest BCUT2D eigenvalue weighted by Gasteiger charge is 2.18. The zero-order valence-corrected chi connectivity index (χ0v) is 12.4. The van der Waals surface area contributed by atoms with Gasteiger partial charge in [0.25, 0.3) is 0 Å². The van der Waals surface area contributed by atoms with E-state index in [9.17, 15) is 0 Å². The van der Waals surface area contributed by atoms with Gasteiger partial charge in [-0.25, -0.2) is 0 Å². The van der Waals surface area contributed by atoms with Gasteiger partial charge in [-0.2, -0.15) is 0 Å². The Kier molecular flexibility index (Phi) is 5.13. The molecular weight excluding hydrogens is 248 g/mol. The minimum absolute atomic E-state index is 0.130. The van der Waals surface area contributed by atoms with E-state index in [4.69, 9.17) is 4.74 Å². The molecular formula is C17H22N2O. The number of hydrogen-bond acceptors (Lipinski definition) is 3. The smallest absolute Gasteiger partial charge is 0.124 e. The number of hydrogen-bond donors (Lipinski definition) is 1. The third-order valence-corrected chi connectivity index (χ3v) is 3.31. The van der Waals surface area contributed by atoms with Crippen LogP contribution in [0.2, 0.25) is 0 Å². The Morgan fingerprint density at radius 2 is 1.95 bits per heavy atom. The normalized spacial score (nSPS) is 12.2. The van der Waals surface area contributed by atoms with Gasteiger partial charge in [0, 0.05) is 18.0 Å². The molecule has 3 heteroatoms. The quantitative estimate of drug-likeness (QED) is 0.872. The molecule has 0 saturated heterocycles. The van der Waals surface area contributed by atoms with E-state index in [1.165, 1.54) is 16.7 Å². The standard InChI is InChI=1S/C17H22N2O/c1-4-19-17(14-10-11-18-12-13(14)3)15-8-6-7-9-16(15)20-5-2/h6-12,17,19H,4-5H2,1-3H3. The van der Waals surface area contributed by atoms with E-state index in [2.05, 4.69) is 42.3 Å². The molecule has 1 aromatic carbocycles. The van der Waals surface area contributed by atoms with Gasteiger partial charge in [0.2, 0.25) is 0 Å². The maximum absolute atomic E-state index is 5.77. The van der Waals surface area contributed by atoms with Crippen molar-refractivity contribution >= 4 is 0 Å². The van der Waals surface area contributed by atoms with Crippen molar-refractivity contribution in [2.75, 3.05) is 13.2 Å². The number of ether oxygens (including phenoxy) is 1. The Balaban J connectivity index is 2.46. The molecule has 0 fully saturated rings. The fraction of sp³-hybridized carbons (Fsp3) is 0.353. The second-order valence-corrected chi connectivity index (χ2v) is 4.69. The highest BCUT2D eigenvalue weighted by molar-refractivity contribution is 5.43. The Morgan fingerprint density at radius 3 is 2.65 bits per heavy atom. The molecule has 0 spiro atoms. The van der Waals surface area contributed by atoms with Gasteiger partial charge in [0.15, 0.2) is 0 Å². The molecule has 3 nitrogen and oxygen atoms in total. The van der Waals surface area contributed by atoms with Crippen LogP contribution in [0.1, 0.15) is 36.6 Å². The van der Waals surface area contributed by atoms with Crippen molar-refractivity contribution in [3.8, 4) is 5.75 Å². The fourth-order valence-electron chi connectivity index (χ4n) is 2.41. The third kappa shape index (κ3) is 3.17. The highest BCUT2D eigenvalue weighted by Crippen LogP contribution is 2.31. The van der Waals surface area contributed by atoms with Crippen LogP contribution in [0.3, 0.4) is 0 Å². The first-order chi connectivity index (χ1) is 9.77. The maximum atomic E-state index is 5.77. The van der Waals surface area contributed by atoms with Crippen LogP contribution < -0.4 is 10.1 Å². The molecule has 1 aromatic heterocycles. The Morgan fingerprint density at radius 1 is 1.15 bits per heavy atom. The van der Waals surface area contributed by atoms with Crippen LogP contribution in [0, 0.1) is 6.92 Å². The number of aryl methyl sites for hydroxylation is 1. The minimum Gasteiger partial charge on any atom is -0.494 e. The van der Waals surface area contributed by atoms with Crippen LogP contribution >= 0.6 is 0 Å². The van der Waals surface area contributed by atoms with Crippen molar-refractivity contribution < 1.29 is 4.74 Å². The van der Waals surface area contributed by atoms with E-state index in [0.29, 0.717) is 6.61 Å². The van der Waals surface area contributed by atoms with Crippen LogP contribution in [0.4, 0.5) is 0 Å². The van der Waals surface area contributed by atoms with Gasteiger partial charge >= 0.3 is 0 Å². The summed E-state index contributed by atoms with van der Waals surface area (Å²) in [5.41, 5.74) is 3.60. The molecule has 1 heterocycles. The first-order valence-electron chi connectivity index (χ1n) is 7.13. The minimum atomic E-state index is 0.130. The molecule has 20 heavy (non-hydrogen) atoms. The van der Waals surface area contributed by atoms with E-state index in [1.807, 2.05) is 31.5 Å². The van der Waals surface area contributed by atoms with Crippen molar-refractivity contribution in [1.82, 2.24) is 10.3 Å². The van der Waals surface area contributed by atoms with Gasteiger partial charge in [-0.05, 0) is 43.7 Å². The first kappa shape index (κ1) is 14.5. The van der Waals surface area contributed by atoms with Gasteiger partial charge in [0.1, 0.15) is 5.75 Å². The highest BCUT2D eigenvalue weighted by atomic mass is 16.5. The molecule has 0 saturated carbocycles. The summed E-state index contributed by atoms with van der Waals surface area (Å²) in [6, 6.07) is 10.4. The van der Waals surface area contributed by atoms with Crippen molar-refractivity contribution in [3.63, 3.8) is 0 Å². The lowest BCUT2D eigenvalue weighted by atomic mass is 9.95. The summed E-state index contributed by atoms with van der Waals surface area (Å²) in [7, 11) is 0. The second-order valence-electron chi connectivity index (χ2n) is 4.69. The van der Waals surface area contributed by atoms with E-state index in [1.54, 1.807) is 0 Å². The maximum Gasteiger partial charge on any atom is 0.124 e. The predicted octanol–water partition coefficient (Wildman–Crippen LogP) is 3.49. The van der Waals surface area contributed by atoms with E-state index < -0.39 is 0 Å². The number of benzene rings is 1. The lowest BCUT2D eigenvalue weighted by molar-refractivity contribution is 0.333. The molecule has 1 N–H and O–H groups in total. The van der Waals surface area contributed by atoms with Crippen molar-refractivity contribution in [2.24, 2.45) is 0 Å². The van der Waals surface area contributed by atoms with Gasteiger partial charge in [-0.1, -0.05) is 25.1 Å². The third-order valence-electron chi connectivity index (χ3n) is 3.31. The summed E-state index contributed by atoms with van der Waals surface area (Å²) in [5, 5.41) is 3.55. The van der Waals surface area contributed by atoms with Gasteiger partial charge in [0.05, 0.1) is 12.6 Å². The Bertz CT molecular complexity index is 554. The van der Waals surface area contributed by atoms with Crippen LogP contribution in [-0.4, -0.2) is 18.1 Å². The molecule has 0 aliphatic rings. The van der Waals surface area contributed by atoms with Crippen molar-refractivity contribution in [2.45, 2.75) is 26.8 Å².